The molecule has 0 amide bonds. The van der Waals surface area contributed by atoms with Gasteiger partial charge in [0.1, 0.15) is 11.3 Å². The van der Waals surface area contributed by atoms with Crippen molar-refractivity contribution in [3.05, 3.63) is 45.9 Å². The maximum absolute atomic E-state index is 6.10. The van der Waals surface area contributed by atoms with Gasteiger partial charge < -0.3 is 10.7 Å². The van der Waals surface area contributed by atoms with E-state index in [0.29, 0.717) is 10.7 Å². The van der Waals surface area contributed by atoms with Crippen LogP contribution in [0.2, 0.25) is 5.02 Å². The third-order valence-corrected chi connectivity index (χ3v) is 3.76. The lowest BCUT2D eigenvalue weighted by atomic mass is 10.2. The van der Waals surface area contributed by atoms with E-state index >= 15 is 0 Å². The summed E-state index contributed by atoms with van der Waals surface area (Å²) in [5.41, 5.74) is 9.17. The van der Waals surface area contributed by atoms with Gasteiger partial charge in [-0.05, 0) is 46.3 Å². The Bertz CT molecular complexity index is 736. The molecule has 0 fully saturated rings. The van der Waals surface area contributed by atoms with Gasteiger partial charge in [-0.1, -0.05) is 17.7 Å². The zero-order valence-corrected chi connectivity index (χ0v) is 11.6. The summed E-state index contributed by atoms with van der Waals surface area (Å²) in [5, 5.41) is 0.639. The molecule has 0 spiro atoms. The minimum absolute atomic E-state index is 0.639. The number of benzene rings is 2. The van der Waals surface area contributed by atoms with Crippen LogP contribution in [-0.2, 0) is 0 Å². The number of aromatic nitrogens is 2. The van der Waals surface area contributed by atoms with Gasteiger partial charge in [-0.25, -0.2) is 4.98 Å². The van der Waals surface area contributed by atoms with E-state index in [1.807, 2.05) is 36.4 Å². The van der Waals surface area contributed by atoms with Gasteiger partial charge in [0.15, 0.2) is 0 Å². The van der Waals surface area contributed by atoms with Crippen LogP contribution in [0, 0.1) is 0 Å². The molecule has 0 aliphatic carbocycles. The number of nitrogens with one attached hydrogen (secondary N) is 1. The molecule has 3 nitrogen and oxygen atoms in total. The molecule has 5 heteroatoms. The molecule has 18 heavy (non-hydrogen) atoms. The molecule has 1 heterocycles. The molecule has 0 atom stereocenters. The van der Waals surface area contributed by atoms with E-state index in [2.05, 4.69) is 25.9 Å². The first-order chi connectivity index (χ1) is 8.65. The molecule has 3 aromatic rings. The van der Waals surface area contributed by atoms with Gasteiger partial charge in [0.2, 0.25) is 0 Å². The normalized spacial score (nSPS) is 11.0. The molecule has 0 aliphatic rings. The highest BCUT2D eigenvalue weighted by molar-refractivity contribution is 9.10. The lowest BCUT2D eigenvalue weighted by Crippen LogP contribution is -1.88. The van der Waals surface area contributed by atoms with Crippen LogP contribution in [-0.4, -0.2) is 9.97 Å². The van der Waals surface area contributed by atoms with E-state index in [1.54, 1.807) is 0 Å². The number of hydrogen-bond acceptors (Lipinski definition) is 2. The van der Waals surface area contributed by atoms with E-state index < -0.39 is 0 Å². The van der Waals surface area contributed by atoms with Gasteiger partial charge in [-0.3, -0.25) is 0 Å². The van der Waals surface area contributed by atoms with Crippen LogP contribution in [0.25, 0.3) is 22.4 Å². The number of rotatable bonds is 1. The van der Waals surface area contributed by atoms with Gasteiger partial charge in [0.05, 0.1) is 10.5 Å². The molecule has 3 rings (SSSR count). The van der Waals surface area contributed by atoms with Crippen LogP contribution < -0.4 is 5.73 Å². The largest absolute Gasteiger partial charge is 0.398 e. The zero-order chi connectivity index (χ0) is 12.7. The fraction of sp³-hybridized carbons (Fsp3) is 0. The zero-order valence-electron chi connectivity index (χ0n) is 9.24. The molecule has 90 valence electrons. The van der Waals surface area contributed by atoms with Crippen molar-refractivity contribution in [1.82, 2.24) is 9.97 Å². The predicted octanol–water partition coefficient (Wildman–Crippen LogP) is 4.23. The standard InChI is InChI=1S/C13H9BrClN3/c14-8-5-4-7(6-10(8)16)13-17-11-3-1-2-9(15)12(11)18-13/h1-6H,16H2,(H,17,18). The summed E-state index contributed by atoms with van der Waals surface area (Å²) in [5.74, 6) is 0.761. The highest BCUT2D eigenvalue weighted by atomic mass is 79.9. The lowest BCUT2D eigenvalue weighted by molar-refractivity contribution is 1.33. The highest BCUT2D eigenvalue weighted by Gasteiger charge is 2.08. The second-order valence-electron chi connectivity index (χ2n) is 3.96. The summed E-state index contributed by atoms with van der Waals surface area (Å²) in [4.78, 5) is 7.73. The van der Waals surface area contributed by atoms with E-state index in [-0.39, 0.29) is 0 Å². The van der Waals surface area contributed by atoms with Gasteiger partial charge in [0.25, 0.3) is 0 Å². The van der Waals surface area contributed by atoms with Crippen molar-refractivity contribution in [1.29, 1.82) is 0 Å². The molecule has 2 aromatic carbocycles. The Morgan fingerprint density at radius 2 is 2.06 bits per heavy atom. The number of nitrogens with zero attached hydrogens (tertiary/aromatic N) is 1. The average Bonchev–Trinajstić information content (AvgIpc) is 2.78. The minimum atomic E-state index is 0.639. The fourth-order valence-corrected chi connectivity index (χ4v) is 2.29. The summed E-state index contributed by atoms with van der Waals surface area (Å²) >= 11 is 9.47. The lowest BCUT2D eigenvalue weighted by Gasteiger charge is -2.00. The first-order valence-electron chi connectivity index (χ1n) is 5.35. The van der Waals surface area contributed by atoms with Crippen LogP contribution in [0.15, 0.2) is 40.9 Å². The topological polar surface area (TPSA) is 54.7 Å². The SMILES string of the molecule is Nc1cc(-c2nc3c(Cl)cccc3[nH]2)ccc1Br. The van der Waals surface area contributed by atoms with Crippen molar-refractivity contribution >= 4 is 44.3 Å². The third-order valence-electron chi connectivity index (χ3n) is 2.73. The Morgan fingerprint density at radius 1 is 1.22 bits per heavy atom. The molecule has 3 N–H and O–H groups in total. The average molecular weight is 323 g/mol. The van der Waals surface area contributed by atoms with Crippen molar-refractivity contribution in [3.8, 4) is 11.4 Å². The number of nitrogens with two attached hydrogens (primary N) is 1. The van der Waals surface area contributed by atoms with E-state index in [9.17, 15) is 0 Å². The number of imidazole rings is 1. The monoisotopic (exact) mass is 321 g/mol. The Hall–Kier alpha value is -1.52. The number of nitrogen functional groups attached to an aromatic ring is 1. The first kappa shape index (κ1) is 11.6. The van der Waals surface area contributed by atoms with Crippen molar-refractivity contribution in [2.45, 2.75) is 0 Å². The molecular formula is C13H9BrClN3. The molecule has 0 radical (unpaired) electrons. The quantitative estimate of drug-likeness (QED) is 0.659. The van der Waals surface area contributed by atoms with Crippen molar-refractivity contribution in [3.63, 3.8) is 0 Å². The number of H-pyrrole nitrogens is 1. The summed E-state index contributed by atoms with van der Waals surface area (Å²) < 4.78 is 0.875. The van der Waals surface area contributed by atoms with E-state index in [4.69, 9.17) is 17.3 Å². The number of hydrogen-bond donors (Lipinski definition) is 2. The van der Waals surface area contributed by atoms with Gasteiger partial charge in [-0.2, -0.15) is 0 Å². The van der Waals surface area contributed by atoms with Crippen LogP contribution >= 0.6 is 27.5 Å². The molecule has 0 saturated carbocycles. The summed E-state index contributed by atoms with van der Waals surface area (Å²) in [6.07, 6.45) is 0. The number of anilines is 1. The third kappa shape index (κ3) is 1.87. The second-order valence-corrected chi connectivity index (χ2v) is 5.22. The Morgan fingerprint density at radius 3 is 2.78 bits per heavy atom. The molecule has 0 bridgehead atoms. The van der Waals surface area contributed by atoms with Crippen molar-refractivity contribution in [2.24, 2.45) is 0 Å². The number of para-hydroxylation sites is 1. The summed E-state index contributed by atoms with van der Waals surface area (Å²) in [6.45, 7) is 0. The van der Waals surface area contributed by atoms with Crippen LogP contribution in [0.1, 0.15) is 0 Å². The van der Waals surface area contributed by atoms with E-state index in [0.717, 1.165) is 26.9 Å². The fourth-order valence-electron chi connectivity index (χ4n) is 1.82. The smallest absolute Gasteiger partial charge is 0.138 e. The number of fused-ring (bicyclic) bond motifs is 1. The Balaban J connectivity index is 2.19. The maximum Gasteiger partial charge on any atom is 0.138 e. The highest BCUT2D eigenvalue weighted by Crippen LogP contribution is 2.28. The van der Waals surface area contributed by atoms with Crippen molar-refractivity contribution in [2.75, 3.05) is 5.73 Å². The van der Waals surface area contributed by atoms with Crippen LogP contribution in [0.5, 0.6) is 0 Å². The predicted molar refractivity (Wildman–Crippen MR) is 78.7 cm³/mol. The van der Waals surface area contributed by atoms with Gasteiger partial charge >= 0.3 is 0 Å². The summed E-state index contributed by atoms with van der Waals surface area (Å²) in [7, 11) is 0. The molecule has 1 aromatic heterocycles. The molecule has 0 unspecified atom stereocenters. The van der Waals surface area contributed by atoms with Crippen LogP contribution in [0.4, 0.5) is 5.69 Å². The maximum atomic E-state index is 6.10. The first-order valence-corrected chi connectivity index (χ1v) is 6.52. The summed E-state index contributed by atoms with van der Waals surface area (Å²) in [6, 6.07) is 11.4. The minimum Gasteiger partial charge on any atom is -0.398 e. The second kappa shape index (κ2) is 4.30. The molecule has 0 saturated heterocycles. The van der Waals surface area contributed by atoms with Crippen molar-refractivity contribution < 1.29 is 0 Å². The Kier molecular flexibility index (Phi) is 2.76. The van der Waals surface area contributed by atoms with E-state index in [1.165, 1.54) is 0 Å². The Labute approximate surface area is 117 Å². The molecule has 0 aliphatic heterocycles. The number of aromatic amines is 1. The number of halogens is 2. The molecular weight excluding hydrogens is 314 g/mol. The van der Waals surface area contributed by atoms with Crippen LogP contribution in [0.3, 0.4) is 0 Å². The van der Waals surface area contributed by atoms with Gasteiger partial charge in [-0.15, -0.1) is 0 Å². The van der Waals surface area contributed by atoms with Gasteiger partial charge in [0, 0.05) is 15.7 Å².